The molecular formula is C8H9BrFNO. The zero-order valence-corrected chi connectivity index (χ0v) is 8.19. The Morgan fingerprint density at radius 3 is 2.92 bits per heavy atom. The fraction of sp³-hybridized carbons (Fsp3) is 0.250. The van der Waals surface area contributed by atoms with Crippen LogP contribution in [0.2, 0.25) is 0 Å². The summed E-state index contributed by atoms with van der Waals surface area (Å²) in [6, 6.07) is 4.85. The van der Waals surface area contributed by atoms with E-state index in [2.05, 4.69) is 26.2 Å². The molecule has 0 fully saturated rings. The highest BCUT2D eigenvalue weighted by atomic mass is 79.9. The third kappa shape index (κ3) is 2.27. The van der Waals surface area contributed by atoms with E-state index in [0.717, 1.165) is 4.47 Å². The zero-order valence-electron chi connectivity index (χ0n) is 6.60. The van der Waals surface area contributed by atoms with E-state index >= 15 is 0 Å². The Hall–Kier alpha value is -0.450. The number of hydrogen-bond acceptors (Lipinski definition) is 2. The van der Waals surface area contributed by atoms with E-state index in [-0.39, 0.29) is 5.82 Å². The molecule has 0 heterocycles. The van der Waals surface area contributed by atoms with E-state index in [1.807, 2.05) is 0 Å². The highest BCUT2D eigenvalue weighted by Gasteiger charge is 2.04. The van der Waals surface area contributed by atoms with Gasteiger partial charge in [0.2, 0.25) is 0 Å². The standard InChI is InChI=1S/C8H9BrFNO/c1-12-11-5-6-7(9)3-2-4-8(6)10/h2-4,11H,5H2,1H3. The van der Waals surface area contributed by atoms with Gasteiger partial charge in [-0.1, -0.05) is 22.0 Å². The molecule has 0 aromatic heterocycles. The van der Waals surface area contributed by atoms with Crippen LogP contribution in [0.15, 0.2) is 22.7 Å². The minimum atomic E-state index is -0.242. The smallest absolute Gasteiger partial charge is 0.128 e. The lowest BCUT2D eigenvalue weighted by Gasteiger charge is -2.05. The van der Waals surface area contributed by atoms with Gasteiger partial charge in [0.1, 0.15) is 5.82 Å². The normalized spacial score (nSPS) is 10.2. The first-order valence-electron chi connectivity index (χ1n) is 3.44. The van der Waals surface area contributed by atoms with Crippen molar-refractivity contribution in [1.82, 2.24) is 5.48 Å². The molecule has 1 aromatic rings. The highest BCUT2D eigenvalue weighted by Crippen LogP contribution is 2.18. The fourth-order valence-electron chi connectivity index (χ4n) is 0.846. The maximum Gasteiger partial charge on any atom is 0.128 e. The minimum absolute atomic E-state index is 0.242. The second-order valence-electron chi connectivity index (χ2n) is 2.23. The summed E-state index contributed by atoms with van der Waals surface area (Å²) in [4.78, 5) is 4.62. The van der Waals surface area contributed by atoms with Gasteiger partial charge < -0.3 is 4.84 Å². The third-order valence-corrected chi connectivity index (χ3v) is 2.20. The maximum absolute atomic E-state index is 13.0. The first kappa shape index (κ1) is 9.64. The van der Waals surface area contributed by atoms with Gasteiger partial charge in [0.15, 0.2) is 0 Å². The van der Waals surface area contributed by atoms with Crippen molar-refractivity contribution >= 4 is 15.9 Å². The van der Waals surface area contributed by atoms with Gasteiger partial charge in [-0.05, 0) is 12.1 Å². The van der Waals surface area contributed by atoms with Crippen molar-refractivity contribution < 1.29 is 9.23 Å². The van der Waals surface area contributed by atoms with Crippen LogP contribution in [-0.4, -0.2) is 7.11 Å². The second kappa shape index (κ2) is 4.54. The van der Waals surface area contributed by atoms with Crippen LogP contribution in [0.4, 0.5) is 4.39 Å². The van der Waals surface area contributed by atoms with Crippen LogP contribution in [0.1, 0.15) is 5.56 Å². The Morgan fingerprint density at radius 1 is 1.58 bits per heavy atom. The lowest BCUT2D eigenvalue weighted by atomic mass is 10.2. The molecule has 0 unspecified atom stereocenters. The summed E-state index contributed by atoms with van der Waals surface area (Å²) < 4.78 is 13.8. The highest BCUT2D eigenvalue weighted by molar-refractivity contribution is 9.10. The van der Waals surface area contributed by atoms with Crippen LogP contribution in [0.3, 0.4) is 0 Å². The Bertz CT molecular complexity index is 247. The lowest BCUT2D eigenvalue weighted by Crippen LogP contribution is -2.12. The van der Waals surface area contributed by atoms with E-state index in [0.29, 0.717) is 12.1 Å². The van der Waals surface area contributed by atoms with Crippen molar-refractivity contribution in [3.05, 3.63) is 34.1 Å². The molecule has 0 saturated heterocycles. The van der Waals surface area contributed by atoms with Gasteiger partial charge in [-0.25, -0.2) is 4.39 Å². The van der Waals surface area contributed by atoms with Crippen molar-refractivity contribution in [2.75, 3.05) is 7.11 Å². The van der Waals surface area contributed by atoms with Crippen molar-refractivity contribution in [3.8, 4) is 0 Å². The summed E-state index contributed by atoms with van der Waals surface area (Å²) in [6.07, 6.45) is 0. The molecule has 0 atom stereocenters. The van der Waals surface area contributed by atoms with Crippen molar-refractivity contribution in [1.29, 1.82) is 0 Å². The maximum atomic E-state index is 13.0. The summed E-state index contributed by atoms with van der Waals surface area (Å²) in [6.45, 7) is 0.351. The predicted molar refractivity (Wildman–Crippen MR) is 47.9 cm³/mol. The Balaban J connectivity index is 2.81. The lowest BCUT2D eigenvalue weighted by molar-refractivity contribution is 0.0858. The van der Waals surface area contributed by atoms with Crippen LogP contribution in [-0.2, 0) is 11.4 Å². The van der Waals surface area contributed by atoms with Gasteiger partial charge in [0, 0.05) is 10.0 Å². The van der Waals surface area contributed by atoms with Crippen LogP contribution < -0.4 is 5.48 Å². The SMILES string of the molecule is CONCc1c(F)cccc1Br. The summed E-state index contributed by atoms with van der Waals surface area (Å²) in [5.41, 5.74) is 3.15. The molecule has 4 heteroatoms. The first-order valence-corrected chi connectivity index (χ1v) is 4.23. The van der Waals surface area contributed by atoms with Gasteiger partial charge in [-0.3, -0.25) is 0 Å². The van der Waals surface area contributed by atoms with Crippen molar-refractivity contribution in [3.63, 3.8) is 0 Å². The minimum Gasteiger partial charge on any atom is -0.305 e. The zero-order chi connectivity index (χ0) is 8.97. The number of halogens is 2. The molecule has 1 N–H and O–H groups in total. The Morgan fingerprint density at radius 2 is 2.33 bits per heavy atom. The molecular weight excluding hydrogens is 225 g/mol. The topological polar surface area (TPSA) is 21.3 Å². The molecule has 0 aliphatic carbocycles. The van der Waals surface area contributed by atoms with Crippen molar-refractivity contribution in [2.45, 2.75) is 6.54 Å². The van der Waals surface area contributed by atoms with Crippen LogP contribution in [0.25, 0.3) is 0 Å². The van der Waals surface area contributed by atoms with Crippen LogP contribution in [0.5, 0.6) is 0 Å². The molecule has 0 radical (unpaired) electrons. The fourth-order valence-corrected chi connectivity index (χ4v) is 1.33. The monoisotopic (exact) mass is 233 g/mol. The number of hydroxylamine groups is 1. The average molecular weight is 234 g/mol. The van der Waals surface area contributed by atoms with E-state index in [1.54, 1.807) is 12.1 Å². The quantitative estimate of drug-likeness (QED) is 0.809. The van der Waals surface area contributed by atoms with Gasteiger partial charge in [-0.15, -0.1) is 0 Å². The van der Waals surface area contributed by atoms with Gasteiger partial charge in [-0.2, -0.15) is 5.48 Å². The molecule has 1 aromatic carbocycles. The van der Waals surface area contributed by atoms with E-state index in [4.69, 9.17) is 0 Å². The molecule has 1 rings (SSSR count). The molecule has 0 saturated carbocycles. The summed E-state index contributed by atoms with van der Waals surface area (Å²) in [7, 11) is 1.49. The summed E-state index contributed by atoms with van der Waals surface area (Å²) >= 11 is 3.24. The van der Waals surface area contributed by atoms with E-state index in [1.165, 1.54) is 13.2 Å². The van der Waals surface area contributed by atoms with Crippen LogP contribution >= 0.6 is 15.9 Å². The Labute approximate surface area is 78.8 Å². The molecule has 0 aliphatic heterocycles. The molecule has 0 aliphatic rings. The van der Waals surface area contributed by atoms with Gasteiger partial charge in [0.05, 0.1) is 13.7 Å². The largest absolute Gasteiger partial charge is 0.305 e. The second-order valence-corrected chi connectivity index (χ2v) is 3.08. The molecule has 66 valence electrons. The van der Waals surface area contributed by atoms with Crippen LogP contribution in [0, 0.1) is 5.82 Å². The number of nitrogens with one attached hydrogen (secondary N) is 1. The average Bonchev–Trinajstić information content (AvgIpc) is 2.04. The van der Waals surface area contributed by atoms with E-state index in [9.17, 15) is 4.39 Å². The van der Waals surface area contributed by atoms with E-state index < -0.39 is 0 Å². The predicted octanol–water partition coefficient (Wildman–Crippen LogP) is 2.24. The summed E-state index contributed by atoms with van der Waals surface area (Å²) in [5, 5.41) is 0. The third-order valence-electron chi connectivity index (χ3n) is 1.45. The molecule has 0 bridgehead atoms. The number of benzene rings is 1. The first-order chi connectivity index (χ1) is 5.75. The van der Waals surface area contributed by atoms with Crippen molar-refractivity contribution in [2.24, 2.45) is 0 Å². The van der Waals surface area contributed by atoms with Gasteiger partial charge >= 0.3 is 0 Å². The number of hydrogen-bond donors (Lipinski definition) is 1. The molecule has 0 spiro atoms. The number of rotatable bonds is 3. The summed E-state index contributed by atoms with van der Waals surface area (Å²) in [5.74, 6) is -0.242. The molecule has 0 amide bonds. The molecule has 2 nitrogen and oxygen atoms in total. The van der Waals surface area contributed by atoms with Gasteiger partial charge in [0.25, 0.3) is 0 Å². The molecule has 12 heavy (non-hydrogen) atoms. The Kier molecular flexibility index (Phi) is 3.65.